The molecule has 2 aromatic carbocycles. The van der Waals surface area contributed by atoms with Gasteiger partial charge in [0.2, 0.25) is 5.91 Å². The molecule has 1 saturated heterocycles. The number of nitrogens with one attached hydrogen (secondary N) is 1. The monoisotopic (exact) mass is 467 g/mol. The van der Waals surface area contributed by atoms with Gasteiger partial charge in [-0.05, 0) is 79.5 Å². The van der Waals surface area contributed by atoms with E-state index in [0.717, 1.165) is 5.56 Å². The van der Waals surface area contributed by atoms with E-state index in [4.69, 9.17) is 11.6 Å². The highest BCUT2D eigenvalue weighted by atomic mass is 35.5. The highest BCUT2D eigenvalue weighted by Crippen LogP contribution is 2.46. The van der Waals surface area contributed by atoms with Crippen molar-refractivity contribution in [3.8, 4) is 11.1 Å². The molecule has 4 rings (SSSR count). The summed E-state index contributed by atoms with van der Waals surface area (Å²) in [5.41, 5.74) is 1.84. The Morgan fingerprint density at radius 1 is 1.06 bits per heavy atom. The maximum atomic E-state index is 14.0. The van der Waals surface area contributed by atoms with Gasteiger partial charge in [-0.15, -0.1) is 0 Å². The van der Waals surface area contributed by atoms with Crippen LogP contribution in [0.5, 0.6) is 0 Å². The molecule has 2 fully saturated rings. The molecule has 3 nitrogen and oxygen atoms in total. The van der Waals surface area contributed by atoms with E-state index in [1.807, 2.05) is 0 Å². The van der Waals surface area contributed by atoms with Crippen LogP contribution in [0.1, 0.15) is 48.3 Å². The van der Waals surface area contributed by atoms with Crippen molar-refractivity contribution in [2.75, 3.05) is 0 Å². The minimum atomic E-state index is -4.30. The predicted molar refractivity (Wildman–Crippen MR) is 113 cm³/mol. The number of benzene rings is 2. The van der Waals surface area contributed by atoms with Crippen LogP contribution in [0.25, 0.3) is 11.1 Å². The Hall–Kier alpha value is -2.41. The van der Waals surface area contributed by atoms with Crippen molar-refractivity contribution in [2.45, 2.75) is 57.2 Å². The lowest BCUT2D eigenvalue weighted by Gasteiger charge is -2.36. The number of aryl methyl sites for hydroxylation is 1. The molecule has 1 N–H and O–H groups in total. The summed E-state index contributed by atoms with van der Waals surface area (Å²) in [5.74, 6) is -4.02. The normalized spacial score (nSPS) is 26.0. The van der Waals surface area contributed by atoms with E-state index in [1.54, 1.807) is 32.0 Å². The van der Waals surface area contributed by atoms with Gasteiger partial charge in [-0.25, -0.2) is 4.39 Å². The van der Waals surface area contributed by atoms with Crippen LogP contribution in [-0.2, 0) is 9.59 Å². The predicted octanol–water partition coefficient (Wildman–Crippen LogP) is 6.04. The number of hydrogen-bond donors (Lipinski definition) is 1. The summed E-state index contributed by atoms with van der Waals surface area (Å²) < 4.78 is 53.3. The third-order valence-corrected chi connectivity index (χ3v) is 7.22. The number of ketones is 1. The zero-order valence-electron chi connectivity index (χ0n) is 17.6. The van der Waals surface area contributed by atoms with E-state index < -0.39 is 35.3 Å². The molecule has 1 aliphatic heterocycles. The van der Waals surface area contributed by atoms with E-state index in [2.05, 4.69) is 5.32 Å². The molecule has 1 aliphatic carbocycles. The zero-order valence-corrected chi connectivity index (χ0v) is 18.3. The van der Waals surface area contributed by atoms with Crippen molar-refractivity contribution < 1.29 is 27.2 Å². The molecule has 1 atom stereocenters. The van der Waals surface area contributed by atoms with Crippen LogP contribution >= 0.6 is 11.6 Å². The van der Waals surface area contributed by atoms with Crippen LogP contribution in [0.2, 0.25) is 5.02 Å². The molecule has 32 heavy (non-hydrogen) atoms. The molecule has 2 aliphatic rings. The Bertz CT molecular complexity index is 1100. The molecule has 0 bridgehead atoms. The molecule has 1 heterocycles. The van der Waals surface area contributed by atoms with E-state index in [-0.39, 0.29) is 36.5 Å². The number of hydrogen-bond acceptors (Lipinski definition) is 2. The van der Waals surface area contributed by atoms with Gasteiger partial charge in [0.05, 0.1) is 16.5 Å². The fraction of sp³-hybridized carbons (Fsp3) is 0.417. The highest BCUT2D eigenvalue weighted by Gasteiger charge is 2.56. The van der Waals surface area contributed by atoms with Crippen molar-refractivity contribution in [1.29, 1.82) is 0 Å². The summed E-state index contributed by atoms with van der Waals surface area (Å²) in [4.78, 5) is 26.4. The van der Waals surface area contributed by atoms with Gasteiger partial charge in [-0.3, -0.25) is 9.59 Å². The number of halogens is 5. The van der Waals surface area contributed by atoms with Crippen LogP contribution in [0, 0.1) is 25.6 Å². The molecule has 1 unspecified atom stereocenters. The Morgan fingerprint density at radius 2 is 1.72 bits per heavy atom. The van der Waals surface area contributed by atoms with Gasteiger partial charge in [0, 0.05) is 0 Å². The largest absolute Gasteiger partial charge is 0.391 e. The first-order chi connectivity index (χ1) is 14.9. The molecule has 1 amide bonds. The van der Waals surface area contributed by atoms with Crippen molar-refractivity contribution in [1.82, 2.24) is 5.32 Å². The van der Waals surface area contributed by atoms with E-state index in [9.17, 15) is 27.2 Å². The summed E-state index contributed by atoms with van der Waals surface area (Å²) >= 11 is 5.78. The van der Waals surface area contributed by atoms with Crippen LogP contribution in [0.4, 0.5) is 17.6 Å². The third-order valence-electron chi connectivity index (χ3n) is 6.91. The van der Waals surface area contributed by atoms with Crippen molar-refractivity contribution in [2.24, 2.45) is 5.92 Å². The lowest BCUT2D eigenvalue weighted by Crippen LogP contribution is -2.50. The van der Waals surface area contributed by atoms with Crippen LogP contribution < -0.4 is 5.32 Å². The molecule has 1 spiro atoms. The van der Waals surface area contributed by atoms with Crippen LogP contribution in [0.3, 0.4) is 0 Å². The topological polar surface area (TPSA) is 46.2 Å². The van der Waals surface area contributed by atoms with Gasteiger partial charge in [-0.1, -0.05) is 29.8 Å². The van der Waals surface area contributed by atoms with Gasteiger partial charge >= 0.3 is 6.18 Å². The smallest absolute Gasteiger partial charge is 0.343 e. The standard InChI is InChI=1S/C24H22ClF4NO2/c1-12-3-5-16(14-4-6-17(25)18(26)11-14)13(2)19(12)20-21(31)23(30-22(20)32)9-7-15(8-10-23)24(27,28)29/h3-6,11,15,20H,7-10H2,1-2H3,(H,30,32). The van der Waals surface area contributed by atoms with Crippen molar-refractivity contribution in [3.63, 3.8) is 0 Å². The fourth-order valence-electron chi connectivity index (χ4n) is 5.12. The summed E-state index contributed by atoms with van der Waals surface area (Å²) in [6, 6.07) is 7.94. The van der Waals surface area contributed by atoms with E-state index >= 15 is 0 Å². The molecule has 2 aromatic rings. The molecule has 0 radical (unpaired) electrons. The first kappa shape index (κ1) is 22.8. The Kier molecular flexibility index (Phi) is 5.60. The lowest BCUT2D eigenvalue weighted by molar-refractivity contribution is -0.185. The van der Waals surface area contributed by atoms with Crippen molar-refractivity contribution in [3.05, 3.63) is 57.9 Å². The molecule has 1 saturated carbocycles. The van der Waals surface area contributed by atoms with E-state index in [1.165, 1.54) is 12.1 Å². The van der Waals surface area contributed by atoms with Crippen LogP contribution in [-0.4, -0.2) is 23.4 Å². The molecular formula is C24H22ClF4NO2. The fourth-order valence-corrected chi connectivity index (χ4v) is 5.24. The van der Waals surface area contributed by atoms with Gasteiger partial charge < -0.3 is 5.32 Å². The quantitative estimate of drug-likeness (QED) is 0.432. The van der Waals surface area contributed by atoms with Gasteiger partial charge in [0.1, 0.15) is 11.7 Å². The molecule has 0 aromatic heterocycles. The van der Waals surface area contributed by atoms with Gasteiger partial charge in [0.25, 0.3) is 0 Å². The second kappa shape index (κ2) is 7.87. The zero-order chi connectivity index (χ0) is 23.4. The Balaban J connectivity index is 1.70. The maximum Gasteiger partial charge on any atom is 0.391 e. The Labute approximate surface area is 188 Å². The maximum absolute atomic E-state index is 14.0. The third kappa shape index (κ3) is 3.70. The SMILES string of the molecule is Cc1ccc(-c2ccc(Cl)c(F)c2)c(C)c1C1C(=O)NC2(CCC(C(F)(F)F)CC2)C1=O. The summed E-state index contributed by atoms with van der Waals surface area (Å²) in [5, 5.41) is 2.72. The summed E-state index contributed by atoms with van der Waals surface area (Å²) in [6.45, 7) is 3.54. The average Bonchev–Trinajstić information content (AvgIpc) is 2.94. The number of amides is 1. The Morgan fingerprint density at radius 3 is 2.31 bits per heavy atom. The highest BCUT2D eigenvalue weighted by molar-refractivity contribution is 6.30. The van der Waals surface area contributed by atoms with Crippen LogP contribution in [0.15, 0.2) is 30.3 Å². The minimum absolute atomic E-state index is 0.0134. The van der Waals surface area contributed by atoms with Crippen molar-refractivity contribution >= 4 is 23.3 Å². The number of carbonyl (C=O) groups is 2. The minimum Gasteiger partial charge on any atom is -0.343 e. The first-order valence-corrected chi connectivity index (χ1v) is 10.8. The van der Waals surface area contributed by atoms with E-state index in [0.29, 0.717) is 22.3 Å². The second-order valence-corrected chi connectivity index (χ2v) is 9.19. The number of rotatable bonds is 2. The first-order valence-electron chi connectivity index (χ1n) is 10.4. The number of carbonyl (C=O) groups excluding carboxylic acids is 2. The number of alkyl halides is 3. The average molecular weight is 468 g/mol. The molecule has 8 heteroatoms. The molecule has 170 valence electrons. The van der Waals surface area contributed by atoms with Gasteiger partial charge in [-0.2, -0.15) is 13.2 Å². The molecular weight excluding hydrogens is 446 g/mol. The second-order valence-electron chi connectivity index (χ2n) is 8.78. The summed E-state index contributed by atoms with van der Waals surface area (Å²) in [7, 11) is 0. The number of Topliss-reactive ketones (excluding diaryl/α,β-unsaturated/α-hetero) is 1. The summed E-state index contributed by atoms with van der Waals surface area (Å²) in [6.07, 6.45) is -4.74. The lowest BCUT2D eigenvalue weighted by atomic mass is 9.72. The van der Waals surface area contributed by atoms with Gasteiger partial charge in [0.15, 0.2) is 5.78 Å².